The molecule has 0 radical (unpaired) electrons. The summed E-state index contributed by atoms with van der Waals surface area (Å²) < 4.78 is 12.0. The molecule has 0 fully saturated rings. The van der Waals surface area contributed by atoms with Gasteiger partial charge in [-0.05, 0) is 31.5 Å². The van der Waals surface area contributed by atoms with Crippen LogP contribution in [0.25, 0.3) is 0 Å². The van der Waals surface area contributed by atoms with Gasteiger partial charge in [0.15, 0.2) is 8.32 Å². The average Bonchev–Trinajstić information content (AvgIpc) is 2.90. The molecular formula is C21H39NO4Si. The SMILES string of the molecule is CCCCCC[C@H](C)C(=O)OC1=CC(=O)N[C@@H]1[C@@H](C)O[Si](C)(C)C(C)(C)C. The molecule has 6 heteroatoms. The molecule has 0 aromatic carbocycles. The first-order valence-electron chi connectivity index (χ1n) is 10.3. The Hall–Kier alpha value is -1.14. The van der Waals surface area contributed by atoms with Crippen LogP contribution in [0.4, 0.5) is 0 Å². The van der Waals surface area contributed by atoms with Gasteiger partial charge in [0, 0.05) is 6.08 Å². The van der Waals surface area contributed by atoms with Crippen molar-refractivity contribution in [3.05, 3.63) is 11.8 Å². The molecule has 0 unspecified atom stereocenters. The molecular weight excluding hydrogens is 358 g/mol. The molecule has 156 valence electrons. The van der Waals surface area contributed by atoms with E-state index >= 15 is 0 Å². The van der Waals surface area contributed by atoms with Crippen LogP contribution in [0.1, 0.15) is 73.6 Å². The number of nitrogens with one attached hydrogen (secondary N) is 1. The molecule has 5 nitrogen and oxygen atoms in total. The van der Waals surface area contributed by atoms with Crippen LogP contribution < -0.4 is 5.32 Å². The summed E-state index contributed by atoms with van der Waals surface area (Å²) >= 11 is 0. The molecule has 0 spiro atoms. The molecule has 0 saturated heterocycles. The third-order valence-corrected chi connectivity index (χ3v) is 10.3. The fraction of sp³-hybridized carbons (Fsp3) is 0.810. The van der Waals surface area contributed by atoms with E-state index in [1.807, 2.05) is 13.8 Å². The maximum atomic E-state index is 12.4. The van der Waals surface area contributed by atoms with E-state index in [4.69, 9.17) is 9.16 Å². The second kappa shape index (κ2) is 9.87. The Kier molecular flexibility index (Phi) is 8.74. The monoisotopic (exact) mass is 397 g/mol. The zero-order valence-electron chi connectivity index (χ0n) is 18.5. The number of hydrogen-bond donors (Lipinski definition) is 1. The molecule has 3 atom stereocenters. The van der Waals surface area contributed by atoms with Crippen molar-refractivity contribution in [2.45, 2.75) is 104 Å². The standard InChI is InChI=1S/C21H39NO4Si/c1-9-10-11-12-13-15(2)20(24)25-17-14-18(23)22-19(17)16(3)26-27(7,8)21(4,5)6/h14-16,19H,9-13H2,1-8H3,(H,22,23)/t15-,16+,19+/m0/s1. The quantitative estimate of drug-likeness (QED) is 0.322. The van der Waals surface area contributed by atoms with Crippen molar-refractivity contribution in [3.63, 3.8) is 0 Å². The van der Waals surface area contributed by atoms with Gasteiger partial charge in [0.25, 0.3) is 0 Å². The number of rotatable bonds is 10. The average molecular weight is 398 g/mol. The molecule has 0 saturated carbocycles. The van der Waals surface area contributed by atoms with Crippen LogP contribution in [-0.4, -0.2) is 32.3 Å². The van der Waals surface area contributed by atoms with E-state index in [1.165, 1.54) is 18.9 Å². The van der Waals surface area contributed by atoms with E-state index in [1.54, 1.807) is 0 Å². The largest absolute Gasteiger partial charge is 0.428 e. The first-order chi connectivity index (χ1) is 12.4. The van der Waals surface area contributed by atoms with Crippen LogP contribution in [0.2, 0.25) is 18.1 Å². The molecule has 0 aromatic heterocycles. The number of esters is 1. The molecule has 0 aliphatic carbocycles. The van der Waals surface area contributed by atoms with Crippen LogP contribution in [-0.2, 0) is 18.8 Å². The van der Waals surface area contributed by atoms with Crippen LogP contribution in [0.3, 0.4) is 0 Å². The first kappa shape index (κ1) is 23.9. The fourth-order valence-electron chi connectivity index (χ4n) is 2.85. The maximum absolute atomic E-state index is 12.4. The Bertz CT molecular complexity index is 551. The highest BCUT2D eigenvalue weighted by Gasteiger charge is 2.42. The Morgan fingerprint density at radius 1 is 1.22 bits per heavy atom. The van der Waals surface area contributed by atoms with Gasteiger partial charge in [-0.3, -0.25) is 9.59 Å². The Morgan fingerprint density at radius 2 is 1.85 bits per heavy atom. The molecule has 1 heterocycles. The second-order valence-electron chi connectivity index (χ2n) is 9.29. The zero-order chi connectivity index (χ0) is 20.8. The lowest BCUT2D eigenvalue weighted by Gasteiger charge is -2.40. The summed E-state index contributed by atoms with van der Waals surface area (Å²) in [7, 11) is -1.99. The van der Waals surface area contributed by atoms with Gasteiger partial charge in [0.1, 0.15) is 11.8 Å². The van der Waals surface area contributed by atoms with Gasteiger partial charge in [0.2, 0.25) is 5.91 Å². The summed E-state index contributed by atoms with van der Waals surface area (Å²) in [6.07, 6.45) is 6.47. The topological polar surface area (TPSA) is 64.6 Å². The fourth-order valence-corrected chi connectivity index (χ4v) is 4.27. The minimum Gasteiger partial charge on any atom is -0.428 e. The Morgan fingerprint density at radius 3 is 2.41 bits per heavy atom. The van der Waals surface area contributed by atoms with Gasteiger partial charge in [-0.2, -0.15) is 0 Å². The van der Waals surface area contributed by atoms with E-state index in [0.29, 0.717) is 5.76 Å². The molecule has 1 aliphatic rings. The van der Waals surface area contributed by atoms with Crippen molar-refractivity contribution in [1.29, 1.82) is 0 Å². The highest BCUT2D eigenvalue weighted by molar-refractivity contribution is 6.74. The zero-order valence-corrected chi connectivity index (χ0v) is 19.5. The van der Waals surface area contributed by atoms with Crippen molar-refractivity contribution in [1.82, 2.24) is 5.32 Å². The minimum absolute atomic E-state index is 0.0669. The van der Waals surface area contributed by atoms with Crippen molar-refractivity contribution >= 4 is 20.2 Å². The lowest BCUT2D eigenvalue weighted by Crippen LogP contribution is -2.49. The van der Waals surface area contributed by atoms with Gasteiger partial charge in [-0.1, -0.05) is 60.3 Å². The van der Waals surface area contributed by atoms with Gasteiger partial charge < -0.3 is 14.5 Å². The molecule has 1 amide bonds. The normalized spacial score (nSPS) is 20.1. The number of amides is 1. The summed E-state index contributed by atoms with van der Waals surface area (Å²) in [5, 5.41) is 2.94. The Labute approximate surface area is 166 Å². The lowest BCUT2D eigenvalue weighted by atomic mass is 10.0. The molecule has 27 heavy (non-hydrogen) atoms. The van der Waals surface area contributed by atoms with Gasteiger partial charge in [0.05, 0.1) is 12.0 Å². The smallest absolute Gasteiger partial charge is 0.313 e. The lowest BCUT2D eigenvalue weighted by molar-refractivity contribution is -0.144. The molecule has 0 bridgehead atoms. The van der Waals surface area contributed by atoms with Crippen LogP contribution >= 0.6 is 0 Å². The van der Waals surface area contributed by atoms with Crippen LogP contribution in [0.5, 0.6) is 0 Å². The van der Waals surface area contributed by atoms with E-state index in [0.717, 1.165) is 19.3 Å². The van der Waals surface area contributed by atoms with Gasteiger partial charge in [-0.25, -0.2) is 0 Å². The molecule has 1 rings (SSSR count). The highest BCUT2D eigenvalue weighted by Crippen LogP contribution is 2.38. The number of carbonyl (C=O) groups excluding carboxylic acids is 2. The van der Waals surface area contributed by atoms with E-state index < -0.39 is 14.4 Å². The first-order valence-corrected chi connectivity index (χ1v) is 13.2. The highest BCUT2D eigenvalue weighted by atomic mass is 28.4. The van der Waals surface area contributed by atoms with E-state index in [2.05, 4.69) is 46.1 Å². The molecule has 1 aliphatic heterocycles. The van der Waals surface area contributed by atoms with Gasteiger partial charge in [-0.15, -0.1) is 0 Å². The number of hydrogen-bond acceptors (Lipinski definition) is 4. The van der Waals surface area contributed by atoms with Crippen molar-refractivity contribution in [2.75, 3.05) is 0 Å². The third-order valence-electron chi connectivity index (χ3n) is 5.75. The van der Waals surface area contributed by atoms with Gasteiger partial charge >= 0.3 is 5.97 Å². The summed E-state index contributed by atoms with van der Waals surface area (Å²) in [5.41, 5.74) is 0. The van der Waals surface area contributed by atoms with Crippen molar-refractivity contribution < 1.29 is 18.8 Å². The Balaban J connectivity index is 2.69. The summed E-state index contributed by atoms with van der Waals surface area (Å²) in [6.45, 7) is 16.9. The van der Waals surface area contributed by atoms with Crippen molar-refractivity contribution in [3.8, 4) is 0 Å². The second-order valence-corrected chi connectivity index (χ2v) is 14.0. The minimum atomic E-state index is -1.99. The maximum Gasteiger partial charge on any atom is 0.313 e. The van der Waals surface area contributed by atoms with Crippen LogP contribution in [0, 0.1) is 5.92 Å². The van der Waals surface area contributed by atoms with E-state index in [-0.39, 0.29) is 28.9 Å². The summed E-state index contributed by atoms with van der Waals surface area (Å²) in [6, 6.07) is -0.414. The number of ether oxygens (including phenoxy) is 1. The predicted molar refractivity (Wildman–Crippen MR) is 112 cm³/mol. The molecule has 1 N–H and O–H groups in total. The predicted octanol–water partition coefficient (Wildman–Crippen LogP) is 4.93. The van der Waals surface area contributed by atoms with E-state index in [9.17, 15) is 9.59 Å². The summed E-state index contributed by atoms with van der Waals surface area (Å²) in [5.74, 6) is -0.282. The third kappa shape index (κ3) is 7.07. The van der Waals surface area contributed by atoms with Crippen LogP contribution in [0.15, 0.2) is 11.8 Å². The number of unbranched alkanes of at least 4 members (excludes halogenated alkanes) is 3. The molecule has 0 aromatic rings. The number of carbonyl (C=O) groups is 2. The van der Waals surface area contributed by atoms with Crippen molar-refractivity contribution in [2.24, 2.45) is 5.92 Å². The summed E-state index contributed by atoms with van der Waals surface area (Å²) in [4.78, 5) is 24.4.